The van der Waals surface area contributed by atoms with Crippen molar-refractivity contribution in [2.75, 3.05) is 0 Å². The number of halogens is 24. The van der Waals surface area contributed by atoms with Crippen molar-refractivity contribution < 1.29 is 0 Å². The maximum absolute atomic E-state index is 3.21. The predicted molar refractivity (Wildman–Crippen MR) is 336 cm³/mol. The summed E-state index contributed by atoms with van der Waals surface area (Å²) in [6.45, 7) is 0. The van der Waals surface area contributed by atoms with Gasteiger partial charge in [0.15, 0.2) is 0 Å². The van der Waals surface area contributed by atoms with Gasteiger partial charge in [-0.15, -0.1) is 0 Å². The van der Waals surface area contributed by atoms with E-state index in [2.05, 4.69) is 242 Å². The number of hydrogen-bond acceptors (Lipinski definition) is 0. The maximum atomic E-state index is 3.21. The Balaban J connectivity index is 4.95. The monoisotopic (exact) mass is 3050 g/mol. The quantitative estimate of drug-likeness (QED) is 0.191. The Bertz CT molecular complexity index is 297. The summed E-state index contributed by atoms with van der Waals surface area (Å²) in [6.07, 6.45) is 0. The zero-order valence-electron chi connectivity index (χ0n) is 9.07. The average Bonchev–Trinajstić information content (AvgIpc) is 2.55. The fraction of sp³-hybridized carbons (Fsp3) is 0. The summed E-state index contributed by atoms with van der Waals surface area (Å²) in [4.78, 5) is 0. The van der Waals surface area contributed by atoms with Gasteiger partial charge in [0.1, 0.15) is 0 Å². The van der Waals surface area contributed by atoms with E-state index in [0.29, 0.717) is 0 Å². The SMILES string of the molecule is II(I)I(I)I(I)I(I)I(I)I(I)I(I)I(I)I(I)I(I)I(I)I. The predicted octanol–water partition coefficient (Wildman–Crippen LogP) is 21.3. The zero-order valence-corrected chi connectivity index (χ0v) is 60.9. The van der Waals surface area contributed by atoms with Crippen LogP contribution >= 0.6 is 329 Å². The molecular weight excluding hydrogens is 3050 g/mol. The molecule has 0 atom stereocenters. The standard InChI is InChI=1S/I24/c1-14(2)16(5)18(7)20(9)22(11)24(13)23(12)21(10)19(8)17(6)15(3)4. The second kappa shape index (κ2) is 24.8. The van der Waals surface area contributed by atoms with Crippen LogP contribution in [-0.2, 0) is 0 Å². The molecule has 0 radical (unpaired) electrons. The van der Waals surface area contributed by atoms with Gasteiger partial charge < -0.3 is 0 Å². The van der Waals surface area contributed by atoms with Crippen LogP contribution in [0.1, 0.15) is 0 Å². The molecule has 0 saturated carbocycles. The zero-order chi connectivity index (χ0) is 19.4. The molecule has 0 aromatic rings. The summed E-state index contributed by atoms with van der Waals surface area (Å²) < 4.78 is 0. The summed E-state index contributed by atoms with van der Waals surface area (Å²) in [6, 6.07) is 0. The summed E-state index contributed by atoms with van der Waals surface area (Å²) >= 11 is 40.1. The first-order chi connectivity index (χ1) is 10.8. The average molecular weight is 3050 g/mol. The number of hydrogen-bond donors (Lipinski definition) is 0. The first kappa shape index (κ1) is 41.5. The van der Waals surface area contributed by atoms with E-state index in [0.717, 1.165) is 0 Å². The third-order valence-electron chi connectivity index (χ3n) is 0.816. The summed E-state index contributed by atoms with van der Waals surface area (Å²) in [5.74, 6) is 0. The van der Waals surface area contributed by atoms with E-state index in [1.165, 1.54) is 0 Å². The van der Waals surface area contributed by atoms with E-state index in [-0.39, 0.29) is 0 Å². The van der Waals surface area contributed by atoms with Crippen LogP contribution in [0.15, 0.2) is 0 Å². The molecule has 0 fully saturated rings. The van der Waals surface area contributed by atoms with Crippen molar-refractivity contribution in [3.63, 3.8) is 0 Å². The Kier molecular flexibility index (Phi) is 42.9. The van der Waals surface area contributed by atoms with Crippen molar-refractivity contribution in [3.8, 4) is 0 Å². The molecule has 24 heteroatoms. The van der Waals surface area contributed by atoms with Crippen LogP contribution in [0.25, 0.3) is 0 Å². The van der Waals surface area contributed by atoms with E-state index in [9.17, 15) is 0 Å². The number of rotatable bonds is 10. The summed E-state index contributed by atoms with van der Waals surface area (Å²) in [5.41, 5.74) is 0. The third kappa shape index (κ3) is 17.7. The molecule has 0 N–H and O–H groups in total. The Morgan fingerprint density at radius 3 is 0.458 bits per heavy atom. The molecule has 24 heavy (non-hydrogen) atoms. The van der Waals surface area contributed by atoms with Crippen LogP contribution in [0, 0.1) is 0 Å². The van der Waals surface area contributed by atoms with Crippen LogP contribution in [0.2, 0.25) is 0 Å². The van der Waals surface area contributed by atoms with Gasteiger partial charge in [-0.25, -0.2) is 0 Å². The fourth-order valence-corrected chi connectivity index (χ4v) is 3770. The molecule has 0 bridgehead atoms. The minimum atomic E-state index is -0.455. The van der Waals surface area contributed by atoms with E-state index in [1.54, 1.807) is 0 Å². The van der Waals surface area contributed by atoms with Crippen molar-refractivity contribution in [3.05, 3.63) is 0 Å². The molecule has 0 nitrogen and oxygen atoms in total. The van der Waals surface area contributed by atoms with Crippen molar-refractivity contribution in [2.24, 2.45) is 0 Å². The van der Waals surface area contributed by atoms with Gasteiger partial charge in [-0.1, -0.05) is 0 Å². The van der Waals surface area contributed by atoms with Crippen molar-refractivity contribution in [1.82, 2.24) is 0 Å². The van der Waals surface area contributed by atoms with Gasteiger partial charge in [0.2, 0.25) is 0 Å². The summed E-state index contributed by atoms with van der Waals surface area (Å²) in [7, 11) is -4.75. The molecule has 0 aliphatic rings. The van der Waals surface area contributed by atoms with Crippen molar-refractivity contribution >= 4 is 329 Å². The molecule has 0 rings (SSSR count). The van der Waals surface area contributed by atoms with Gasteiger partial charge in [-0.05, 0) is 0 Å². The van der Waals surface area contributed by atoms with E-state index in [4.69, 9.17) is 0 Å². The van der Waals surface area contributed by atoms with Gasteiger partial charge in [-0.2, -0.15) is 0 Å². The Morgan fingerprint density at radius 2 is 0.333 bits per heavy atom. The van der Waals surface area contributed by atoms with Gasteiger partial charge in [-0.3, -0.25) is 0 Å². The van der Waals surface area contributed by atoms with Crippen LogP contribution in [0.5, 0.6) is 0 Å². The normalized spacial score (nSPS) is 18.1. The van der Waals surface area contributed by atoms with Crippen LogP contribution in [0.4, 0.5) is 0 Å². The van der Waals surface area contributed by atoms with E-state index >= 15 is 0 Å². The van der Waals surface area contributed by atoms with E-state index in [1.807, 2.05) is 0 Å². The second-order valence-electron chi connectivity index (χ2n) is 1.78. The molecule has 0 heterocycles. The van der Waals surface area contributed by atoms with Crippen LogP contribution < -0.4 is 0 Å². The van der Waals surface area contributed by atoms with Gasteiger partial charge in [0.05, 0.1) is 0 Å². The molecular formula is I24. The summed E-state index contributed by atoms with van der Waals surface area (Å²) in [5, 5.41) is 0. The molecule has 0 spiro atoms. The second-order valence-corrected chi connectivity index (χ2v) is 538. The molecule has 0 amide bonds. The third-order valence-corrected chi connectivity index (χ3v) is 1650. The molecule has 0 aliphatic heterocycles. The van der Waals surface area contributed by atoms with E-state index < -0.39 is 86.8 Å². The van der Waals surface area contributed by atoms with Gasteiger partial charge in [0.25, 0.3) is 0 Å². The Morgan fingerprint density at radius 1 is 0.208 bits per heavy atom. The van der Waals surface area contributed by atoms with Crippen LogP contribution in [0.3, 0.4) is 0 Å². The Hall–Kier alpha value is 17.5. The first-order valence-electron chi connectivity index (χ1n) is 3.29. The van der Waals surface area contributed by atoms with Crippen molar-refractivity contribution in [2.45, 2.75) is 0 Å². The minimum absolute atomic E-state index is 0.408. The molecule has 0 aliphatic carbocycles. The van der Waals surface area contributed by atoms with Gasteiger partial charge in [0, 0.05) is 0 Å². The van der Waals surface area contributed by atoms with Crippen molar-refractivity contribution in [1.29, 1.82) is 0 Å². The molecule has 0 aromatic heterocycles. The molecule has 0 aromatic carbocycles. The molecule has 0 saturated heterocycles. The van der Waals surface area contributed by atoms with Crippen LogP contribution in [-0.4, -0.2) is 0 Å². The fourth-order valence-electron chi connectivity index (χ4n) is 0.278. The van der Waals surface area contributed by atoms with Gasteiger partial charge >= 0.3 is 329 Å². The molecule has 0 unspecified atom stereocenters. The molecule has 168 valence electrons. The Labute approximate surface area is 310 Å². The topological polar surface area (TPSA) is 0 Å². The first-order valence-corrected chi connectivity index (χ1v) is 148.